The second kappa shape index (κ2) is 10.2. The predicted octanol–water partition coefficient (Wildman–Crippen LogP) is 4.02. The summed E-state index contributed by atoms with van der Waals surface area (Å²) in [5, 5.41) is 3.61. The number of esters is 1. The number of carbonyl (C=O) groups is 3. The van der Waals surface area contributed by atoms with Gasteiger partial charge in [0.05, 0.1) is 17.6 Å². The number of ether oxygens (including phenoxy) is 1. The van der Waals surface area contributed by atoms with Crippen LogP contribution in [0.5, 0.6) is 0 Å². The molecule has 1 aliphatic rings. The number of carbonyl (C=O) groups excluding carboxylic acids is 3. The maximum Gasteiger partial charge on any atom is 0.340 e. The molecule has 2 N–H and O–H groups in total. The number of benzene rings is 1. The maximum atomic E-state index is 13.2. The van der Waals surface area contributed by atoms with Crippen LogP contribution in [0.25, 0.3) is 0 Å². The minimum atomic E-state index is -0.441. The number of aryl methyl sites for hydroxylation is 1. The highest BCUT2D eigenvalue weighted by atomic mass is 35.5. The Hall–Kier alpha value is -2.80. The third kappa shape index (κ3) is 5.51. The molecule has 0 spiro atoms. The highest BCUT2D eigenvalue weighted by Gasteiger charge is 2.32. The van der Waals surface area contributed by atoms with Gasteiger partial charge in [-0.3, -0.25) is 9.59 Å². The Kier molecular flexibility index (Phi) is 7.61. The van der Waals surface area contributed by atoms with Gasteiger partial charge >= 0.3 is 5.97 Å². The molecule has 8 heteroatoms. The van der Waals surface area contributed by atoms with Crippen LogP contribution in [-0.2, 0) is 16.1 Å². The number of amides is 2. The minimum absolute atomic E-state index is 0.0713. The average Bonchev–Trinajstić information content (AvgIpc) is 3.06. The second-order valence-corrected chi connectivity index (χ2v) is 8.95. The number of likely N-dealkylation sites (tertiary alicyclic amines) is 1. The summed E-state index contributed by atoms with van der Waals surface area (Å²) in [5.74, 6) is -0.993. The van der Waals surface area contributed by atoms with Crippen LogP contribution in [0.4, 0.5) is 0 Å². The number of aromatic amines is 1. The lowest BCUT2D eigenvalue weighted by Gasteiger charge is -2.32. The van der Waals surface area contributed by atoms with Crippen molar-refractivity contribution in [2.45, 2.75) is 53.2 Å². The normalized spacial score (nSPS) is 16.2. The number of piperidine rings is 1. The van der Waals surface area contributed by atoms with Gasteiger partial charge in [0, 0.05) is 30.4 Å². The summed E-state index contributed by atoms with van der Waals surface area (Å²) >= 11 is 5.90. The van der Waals surface area contributed by atoms with Crippen LogP contribution >= 0.6 is 11.6 Å². The van der Waals surface area contributed by atoms with Gasteiger partial charge in [-0.25, -0.2) is 4.79 Å². The van der Waals surface area contributed by atoms with Crippen LogP contribution in [-0.4, -0.2) is 46.9 Å². The van der Waals surface area contributed by atoms with Crippen LogP contribution in [0.3, 0.4) is 0 Å². The molecule has 2 aromatic rings. The lowest BCUT2D eigenvalue weighted by Crippen LogP contribution is -2.45. The zero-order chi connectivity index (χ0) is 23.4. The van der Waals surface area contributed by atoms with Gasteiger partial charge < -0.3 is 19.9 Å². The van der Waals surface area contributed by atoms with E-state index < -0.39 is 5.97 Å². The zero-order valence-electron chi connectivity index (χ0n) is 19.0. The highest BCUT2D eigenvalue weighted by Crippen LogP contribution is 2.24. The van der Waals surface area contributed by atoms with Gasteiger partial charge in [-0.1, -0.05) is 23.7 Å². The third-order valence-corrected chi connectivity index (χ3v) is 5.91. The fraction of sp³-hybridized carbons (Fsp3) is 0.458. The summed E-state index contributed by atoms with van der Waals surface area (Å²) in [6.45, 7) is 8.40. The van der Waals surface area contributed by atoms with E-state index in [0.29, 0.717) is 47.2 Å². The first kappa shape index (κ1) is 23.9. The van der Waals surface area contributed by atoms with Crippen LogP contribution in [0, 0.1) is 19.8 Å². The standard InChI is InChI=1S/C24H30ClN3O4/c1-14(2)32-24(31)20-15(3)21(27-16(20)4)23(30)28-11-5-6-18(13-28)22(29)26-12-17-7-9-19(25)10-8-17/h7-10,14,18,27H,5-6,11-13H2,1-4H3,(H,26,29)/t18-/m1/s1. The molecule has 0 bridgehead atoms. The molecule has 1 aliphatic heterocycles. The molecule has 0 unspecified atom stereocenters. The molecule has 172 valence electrons. The Labute approximate surface area is 193 Å². The van der Waals surface area contributed by atoms with E-state index in [4.69, 9.17) is 16.3 Å². The Balaban J connectivity index is 1.65. The first-order valence-corrected chi connectivity index (χ1v) is 11.3. The van der Waals surface area contributed by atoms with Crippen molar-refractivity contribution in [3.63, 3.8) is 0 Å². The summed E-state index contributed by atoms with van der Waals surface area (Å²) in [7, 11) is 0. The molecule has 7 nitrogen and oxygen atoms in total. The summed E-state index contributed by atoms with van der Waals surface area (Å²) in [4.78, 5) is 43.1. The molecule has 0 radical (unpaired) electrons. The molecule has 2 heterocycles. The number of aromatic nitrogens is 1. The summed E-state index contributed by atoms with van der Waals surface area (Å²) in [6, 6.07) is 7.32. The molecule has 1 fully saturated rings. The number of nitrogens with one attached hydrogen (secondary N) is 2. The second-order valence-electron chi connectivity index (χ2n) is 8.51. The number of rotatable bonds is 6. The Morgan fingerprint density at radius 1 is 1.22 bits per heavy atom. The minimum Gasteiger partial charge on any atom is -0.459 e. The van der Waals surface area contributed by atoms with Crippen LogP contribution in [0.15, 0.2) is 24.3 Å². The van der Waals surface area contributed by atoms with Crippen molar-refractivity contribution in [1.29, 1.82) is 0 Å². The number of hydrogen-bond acceptors (Lipinski definition) is 4. The number of hydrogen-bond donors (Lipinski definition) is 2. The van der Waals surface area contributed by atoms with Crippen molar-refractivity contribution in [1.82, 2.24) is 15.2 Å². The molecule has 1 atom stereocenters. The van der Waals surface area contributed by atoms with E-state index in [1.807, 2.05) is 12.1 Å². The molecule has 0 saturated carbocycles. The summed E-state index contributed by atoms with van der Waals surface area (Å²) < 4.78 is 5.31. The molecule has 3 rings (SSSR count). The van der Waals surface area contributed by atoms with Crippen LogP contribution < -0.4 is 5.32 Å². The first-order valence-electron chi connectivity index (χ1n) is 10.9. The van der Waals surface area contributed by atoms with Crippen molar-refractivity contribution < 1.29 is 19.1 Å². The molecule has 32 heavy (non-hydrogen) atoms. The highest BCUT2D eigenvalue weighted by molar-refractivity contribution is 6.30. The van der Waals surface area contributed by atoms with Crippen LogP contribution in [0.1, 0.15) is 64.4 Å². The number of halogens is 1. The van der Waals surface area contributed by atoms with Gasteiger partial charge in [-0.05, 0) is 63.8 Å². The van der Waals surface area contributed by atoms with Crippen LogP contribution in [0.2, 0.25) is 5.02 Å². The van der Waals surface area contributed by atoms with E-state index >= 15 is 0 Å². The van der Waals surface area contributed by atoms with Crippen molar-refractivity contribution >= 4 is 29.4 Å². The maximum absolute atomic E-state index is 13.2. The van der Waals surface area contributed by atoms with Gasteiger partial charge in [0.15, 0.2) is 0 Å². The molecule has 1 aromatic carbocycles. The molecular formula is C24H30ClN3O4. The molecule has 1 aromatic heterocycles. The topological polar surface area (TPSA) is 91.5 Å². The van der Waals surface area contributed by atoms with Gasteiger partial charge in [0.2, 0.25) is 5.91 Å². The zero-order valence-corrected chi connectivity index (χ0v) is 19.7. The molecule has 0 aliphatic carbocycles. The summed E-state index contributed by atoms with van der Waals surface area (Å²) in [5.41, 5.74) is 2.92. The average molecular weight is 460 g/mol. The fourth-order valence-electron chi connectivity index (χ4n) is 4.01. The Morgan fingerprint density at radius 3 is 2.56 bits per heavy atom. The van der Waals surface area contributed by atoms with Gasteiger partial charge in [-0.2, -0.15) is 0 Å². The predicted molar refractivity (Wildman–Crippen MR) is 123 cm³/mol. The SMILES string of the molecule is Cc1[nH]c(C(=O)N2CCC[C@@H](C(=O)NCc3ccc(Cl)cc3)C2)c(C)c1C(=O)OC(C)C. The van der Waals surface area contributed by atoms with Crippen molar-refractivity contribution in [3.8, 4) is 0 Å². The monoisotopic (exact) mass is 459 g/mol. The Morgan fingerprint density at radius 2 is 1.91 bits per heavy atom. The van der Waals surface area contributed by atoms with E-state index in [1.165, 1.54) is 0 Å². The third-order valence-electron chi connectivity index (χ3n) is 5.66. The smallest absolute Gasteiger partial charge is 0.340 e. The molecule has 1 saturated heterocycles. The van der Waals surface area contributed by atoms with Gasteiger partial charge in [0.1, 0.15) is 5.69 Å². The van der Waals surface area contributed by atoms with Gasteiger partial charge in [0.25, 0.3) is 5.91 Å². The van der Waals surface area contributed by atoms with Crippen molar-refractivity contribution in [3.05, 3.63) is 57.4 Å². The quantitative estimate of drug-likeness (QED) is 0.638. The first-order chi connectivity index (χ1) is 15.2. The molecule has 2 amide bonds. The largest absolute Gasteiger partial charge is 0.459 e. The van der Waals surface area contributed by atoms with Gasteiger partial charge in [-0.15, -0.1) is 0 Å². The van der Waals surface area contributed by atoms with E-state index in [2.05, 4.69) is 10.3 Å². The van der Waals surface area contributed by atoms with E-state index in [0.717, 1.165) is 18.4 Å². The Bertz CT molecular complexity index is 997. The van der Waals surface area contributed by atoms with Crippen molar-refractivity contribution in [2.24, 2.45) is 5.92 Å². The van der Waals surface area contributed by atoms with E-state index in [1.54, 1.807) is 44.7 Å². The number of H-pyrrole nitrogens is 1. The van der Waals surface area contributed by atoms with E-state index in [9.17, 15) is 14.4 Å². The van der Waals surface area contributed by atoms with Crippen molar-refractivity contribution in [2.75, 3.05) is 13.1 Å². The lowest BCUT2D eigenvalue weighted by atomic mass is 9.96. The lowest BCUT2D eigenvalue weighted by molar-refractivity contribution is -0.126. The van der Waals surface area contributed by atoms with E-state index in [-0.39, 0.29) is 23.8 Å². The fourth-order valence-corrected chi connectivity index (χ4v) is 4.14. The summed E-state index contributed by atoms with van der Waals surface area (Å²) in [6.07, 6.45) is 1.22. The number of nitrogens with zero attached hydrogens (tertiary/aromatic N) is 1. The molecular weight excluding hydrogens is 430 g/mol.